The second kappa shape index (κ2) is 7.21. The average Bonchev–Trinajstić information content (AvgIpc) is 2.56. The van der Waals surface area contributed by atoms with Gasteiger partial charge in [-0.3, -0.25) is 9.80 Å². The molecule has 1 fully saturated rings. The number of pyridine rings is 1. The number of aromatic hydroxyl groups is 1. The fourth-order valence-electron chi connectivity index (χ4n) is 2.93. The molecule has 128 valence electrons. The van der Waals surface area contributed by atoms with Crippen molar-refractivity contribution >= 4 is 11.4 Å². The molecule has 0 saturated carbocycles. The van der Waals surface area contributed by atoms with Gasteiger partial charge < -0.3 is 10.1 Å². The largest absolute Gasteiger partial charge is 0.492 e. The van der Waals surface area contributed by atoms with Gasteiger partial charge in [-0.1, -0.05) is 6.58 Å². The fourth-order valence-corrected chi connectivity index (χ4v) is 2.93. The molecule has 0 amide bonds. The van der Waals surface area contributed by atoms with E-state index < -0.39 is 0 Å². The zero-order chi connectivity index (χ0) is 17.9. The minimum atomic E-state index is -0.381. The van der Waals surface area contributed by atoms with Crippen molar-refractivity contribution in [2.45, 2.75) is 33.1 Å². The second-order valence-corrected chi connectivity index (χ2v) is 5.88. The highest BCUT2D eigenvalue weighted by Crippen LogP contribution is 2.26. The Morgan fingerprint density at radius 2 is 2.04 bits per heavy atom. The number of nitriles is 1. The number of allylic oxidation sites excluding steroid dienone is 1. The molecule has 0 aromatic carbocycles. The summed E-state index contributed by atoms with van der Waals surface area (Å²) in [7, 11) is 1.65. The van der Waals surface area contributed by atoms with Gasteiger partial charge in [0, 0.05) is 25.7 Å². The number of nitrogens with zero attached hydrogens (tertiary/aromatic N) is 5. The van der Waals surface area contributed by atoms with Crippen molar-refractivity contribution < 1.29 is 5.11 Å². The zero-order valence-corrected chi connectivity index (χ0v) is 14.4. The van der Waals surface area contributed by atoms with E-state index in [-0.39, 0.29) is 22.7 Å². The first-order valence-corrected chi connectivity index (χ1v) is 7.97. The van der Waals surface area contributed by atoms with E-state index in [1.54, 1.807) is 32.0 Å². The summed E-state index contributed by atoms with van der Waals surface area (Å²) in [6.45, 7) is 8.40. The number of piperidine rings is 1. The highest BCUT2D eigenvalue weighted by Gasteiger charge is 2.25. The summed E-state index contributed by atoms with van der Waals surface area (Å²) in [4.78, 5) is 13.0. The topological polar surface area (TPSA) is 84.9 Å². The minimum Gasteiger partial charge on any atom is -0.492 e. The third-order valence-corrected chi connectivity index (χ3v) is 4.20. The van der Waals surface area contributed by atoms with Gasteiger partial charge >= 0.3 is 0 Å². The lowest BCUT2D eigenvalue weighted by atomic mass is 10.1. The molecular formula is C17H23N5O2. The van der Waals surface area contributed by atoms with E-state index in [0.717, 1.165) is 19.3 Å². The summed E-state index contributed by atoms with van der Waals surface area (Å²) in [5.41, 5.74) is 1.04. The molecule has 1 aliphatic heterocycles. The number of anilines is 1. The van der Waals surface area contributed by atoms with Crippen LogP contribution in [0.25, 0.3) is 0 Å². The molecule has 7 heteroatoms. The van der Waals surface area contributed by atoms with Gasteiger partial charge in [-0.25, -0.2) is 0 Å². The molecule has 24 heavy (non-hydrogen) atoms. The molecule has 1 aromatic heterocycles. The highest BCUT2D eigenvalue weighted by atomic mass is 16.3. The maximum absolute atomic E-state index is 13.0. The van der Waals surface area contributed by atoms with Crippen LogP contribution in [-0.2, 0) is 0 Å². The molecule has 1 aliphatic rings. The first kappa shape index (κ1) is 17.6. The lowest BCUT2D eigenvalue weighted by Gasteiger charge is -2.32. The first-order valence-electron chi connectivity index (χ1n) is 7.97. The van der Waals surface area contributed by atoms with Crippen LogP contribution in [0.4, 0.5) is 5.69 Å². The molecule has 0 radical (unpaired) electrons. The van der Waals surface area contributed by atoms with E-state index in [2.05, 4.69) is 11.7 Å². The lowest BCUT2D eigenvalue weighted by Crippen LogP contribution is -2.46. The van der Waals surface area contributed by atoms with Crippen LogP contribution in [0.2, 0.25) is 0 Å². The van der Waals surface area contributed by atoms with Crippen molar-refractivity contribution in [2.75, 3.05) is 30.2 Å². The Kier molecular flexibility index (Phi) is 5.29. The Balaban J connectivity index is 2.69. The van der Waals surface area contributed by atoms with Crippen LogP contribution in [0.15, 0.2) is 22.6 Å². The van der Waals surface area contributed by atoms with Crippen molar-refractivity contribution in [2.24, 2.45) is 5.10 Å². The maximum Gasteiger partial charge on any atom is 0.297 e. The molecule has 1 N–H and O–H groups in total. The van der Waals surface area contributed by atoms with Gasteiger partial charge in [-0.05, 0) is 39.2 Å². The molecule has 2 rings (SSSR count). The number of hydrazone groups is 1. The normalized spacial score (nSPS) is 15.1. The smallest absolute Gasteiger partial charge is 0.297 e. The van der Waals surface area contributed by atoms with Crippen molar-refractivity contribution in [3.8, 4) is 11.9 Å². The van der Waals surface area contributed by atoms with Gasteiger partial charge in [0.05, 0.1) is 5.71 Å². The SMILES string of the molecule is C=CC(C)=NN(C)c1c(C)c(C#N)c(O)n(N2CCCCC2)c1=O. The van der Waals surface area contributed by atoms with Crippen molar-refractivity contribution in [3.05, 3.63) is 34.1 Å². The third kappa shape index (κ3) is 3.13. The van der Waals surface area contributed by atoms with E-state index >= 15 is 0 Å². The predicted octanol–water partition coefficient (Wildman–Crippen LogP) is 1.85. The van der Waals surface area contributed by atoms with E-state index in [0.29, 0.717) is 24.4 Å². The van der Waals surface area contributed by atoms with E-state index in [4.69, 9.17) is 0 Å². The van der Waals surface area contributed by atoms with Crippen LogP contribution in [0, 0.1) is 18.3 Å². The molecule has 1 aromatic rings. The highest BCUT2D eigenvalue weighted by molar-refractivity contribution is 5.92. The molecule has 0 spiro atoms. The van der Waals surface area contributed by atoms with E-state index in [9.17, 15) is 15.2 Å². The standard InChI is InChI=1S/C17H23N5O2/c1-5-12(2)19-20(4)15-13(3)14(11-18)16(23)22(17(15)24)21-9-7-6-8-10-21/h5,23H,1,6-10H2,2-4H3. The lowest BCUT2D eigenvalue weighted by molar-refractivity contribution is 0.373. The van der Waals surface area contributed by atoms with Crippen molar-refractivity contribution in [1.82, 2.24) is 4.68 Å². The molecular weight excluding hydrogens is 306 g/mol. The van der Waals surface area contributed by atoms with E-state index in [1.165, 1.54) is 9.69 Å². The van der Waals surface area contributed by atoms with Gasteiger partial charge in [0.25, 0.3) is 5.56 Å². The van der Waals surface area contributed by atoms with Crippen LogP contribution in [0.1, 0.15) is 37.3 Å². The molecule has 1 saturated heterocycles. The molecule has 0 unspecified atom stereocenters. The third-order valence-electron chi connectivity index (χ3n) is 4.20. The van der Waals surface area contributed by atoms with Gasteiger partial charge in [-0.15, -0.1) is 0 Å². The van der Waals surface area contributed by atoms with Gasteiger partial charge in [0.15, 0.2) is 0 Å². The number of hydrogen-bond donors (Lipinski definition) is 1. The molecule has 2 heterocycles. The Morgan fingerprint density at radius 1 is 1.42 bits per heavy atom. The van der Waals surface area contributed by atoms with Crippen LogP contribution in [0.3, 0.4) is 0 Å². The number of aromatic nitrogens is 1. The fraction of sp³-hybridized carbons (Fsp3) is 0.471. The monoisotopic (exact) mass is 329 g/mol. The zero-order valence-electron chi connectivity index (χ0n) is 14.4. The predicted molar refractivity (Wildman–Crippen MR) is 95.3 cm³/mol. The summed E-state index contributed by atoms with van der Waals surface area (Å²) in [5.74, 6) is -0.302. The quantitative estimate of drug-likeness (QED) is 0.673. The minimum absolute atomic E-state index is 0.0912. The van der Waals surface area contributed by atoms with Gasteiger partial charge in [-0.2, -0.15) is 15.0 Å². The van der Waals surface area contributed by atoms with Gasteiger partial charge in [0.1, 0.15) is 17.3 Å². The number of rotatable bonds is 4. The summed E-state index contributed by atoms with van der Waals surface area (Å²) < 4.78 is 1.22. The Morgan fingerprint density at radius 3 is 2.58 bits per heavy atom. The average molecular weight is 329 g/mol. The Hall–Kier alpha value is -2.75. The Labute approximate surface area is 141 Å². The maximum atomic E-state index is 13.0. The molecule has 0 aliphatic carbocycles. The van der Waals surface area contributed by atoms with Crippen molar-refractivity contribution in [3.63, 3.8) is 0 Å². The second-order valence-electron chi connectivity index (χ2n) is 5.88. The summed E-state index contributed by atoms with van der Waals surface area (Å²) in [6.07, 6.45) is 4.57. The van der Waals surface area contributed by atoms with Crippen molar-refractivity contribution in [1.29, 1.82) is 5.26 Å². The van der Waals surface area contributed by atoms with Crippen LogP contribution in [-0.4, -0.2) is 35.6 Å². The molecule has 0 atom stereocenters. The van der Waals surface area contributed by atoms with E-state index in [1.807, 2.05) is 6.07 Å². The Bertz CT molecular complexity index is 767. The molecule has 0 bridgehead atoms. The van der Waals surface area contributed by atoms with Crippen LogP contribution >= 0.6 is 0 Å². The van der Waals surface area contributed by atoms with Crippen LogP contribution in [0.5, 0.6) is 5.88 Å². The summed E-state index contributed by atoms with van der Waals surface area (Å²) in [5, 5.41) is 27.4. The molecule has 7 nitrogen and oxygen atoms in total. The van der Waals surface area contributed by atoms with Crippen LogP contribution < -0.4 is 15.6 Å². The summed E-state index contributed by atoms with van der Waals surface area (Å²) in [6, 6.07) is 2.00. The van der Waals surface area contributed by atoms with Gasteiger partial charge in [0.2, 0.25) is 5.88 Å². The number of hydrogen-bond acceptors (Lipinski definition) is 6. The first-order chi connectivity index (χ1) is 11.4. The summed E-state index contributed by atoms with van der Waals surface area (Å²) >= 11 is 0.